The summed E-state index contributed by atoms with van der Waals surface area (Å²) in [4.78, 5) is 68.1. The third kappa shape index (κ3) is 8.88. The zero-order valence-electron chi connectivity index (χ0n) is 35.3. The Bertz CT molecular complexity index is 2480. The van der Waals surface area contributed by atoms with E-state index in [1.54, 1.807) is 37.6 Å². The molecule has 0 spiro atoms. The number of aliphatic hydroxyl groups is 1. The van der Waals surface area contributed by atoms with Crippen LogP contribution in [0.5, 0.6) is 5.75 Å². The SMILES string of the molecule is CC[C@@]1(O)C(=O)OCc2c1cc1n(c2=O)Cc2c-1nc1cc(C(=O)NC)c(OC)cc1c2CN1CCC([N+](C)(C)Cc2ccc(NC(=O)[C@H](C)N)cc2)CC1.O=C([O-])C(F)(F)F. The van der Waals surface area contributed by atoms with Gasteiger partial charge in [-0.3, -0.25) is 19.3 Å². The van der Waals surface area contributed by atoms with Gasteiger partial charge in [0.2, 0.25) is 5.91 Å². The first-order chi connectivity index (χ1) is 29.1. The first-order valence-corrected chi connectivity index (χ1v) is 20.0. The van der Waals surface area contributed by atoms with E-state index < -0.39 is 29.8 Å². The third-order valence-corrected chi connectivity index (χ3v) is 12.0. The molecule has 0 unspecified atom stereocenters. The predicted octanol–water partition coefficient (Wildman–Crippen LogP) is 2.27. The fourth-order valence-electron chi connectivity index (χ4n) is 8.40. The number of benzene rings is 2. The van der Waals surface area contributed by atoms with Gasteiger partial charge in [-0.15, -0.1) is 0 Å². The fraction of sp³-hybridized carbons (Fsp3) is 0.442. The van der Waals surface area contributed by atoms with Crippen molar-refractivity contribution in [3.8, 4) is 17.1 Å². The first kappa shape index (κ1) is 45.6. The summed E-state index contributed by atoms with van der Waals surface area (Å²) in [6.07, 6.45) is -3.20. The maximum absolute atomic E-state index is 14.0. The summed E-state index contributed by atoms with van der Waals surface area (Å²) in [6, 6.07) is 13.1. The Morgan fingerprint density at radius 3 is 2.32 bits per heavy atom. The van der Waals surface area contributed by atoms with Crippen molar-refractivity contribution in [3.05, 3.63) is 86.2 Å². The highest BCUT2D eigenvalue weighted by Crippen LogP contribution is 2.42. The fourth-order valence-corrected chi connectivity index (χ4v) is 8.40. The van der Waals surface area contributed by atoms with E-state index in [1.807, 2.05) is 18.2 Å². The smallest absolute Gasteiger partial charge is 0.430 e. The number of methoxy groups -OCH3 is 1. The second kappa shape index (κ2) is 17.5. The molecule has 332 valence electrons. The van der Waals surface area contributed by atoms with Gasteiger partial charge in [0.15, 0.2) is 5.60 Å². The topological polar surface area (TPSA) is 218 Å². The number of hydrogen-bond donors (Lipinski definition) is 4. The number of pyridine rings is 2. The van der Waals surface area contributed by atoms with Crippen molar-refractivity contribution in [2.45, 2.75) is 83.2 Å². The van der Waals surface area contributed by atoms with Crippen LogP contribution in [0.3, 0.4) is 0 Å². The summed E-state index contributed by atoms with van der Waals surface area (Å²) < 4.78 is 45.0. The molecule has 3 aliphatic rings. The molecule has 2 aromatic carbocycles. The third-order valence-electron chi connectivity index (χ3n) is 12.0. The summed E-state index contributed by atoms with van der Waals surface area (Å²) in [5.74, 6) is -3.89. The van der Waals surface area contributed by atoms with E-state index in [2.05, 4.69) is 41.8 Å². The standard InChI is InChI=1S/C41H49N7O7.C2HF3O2/c1-7-41(53)32-18-34-36-30(20-47(34)39(51)31(32)22-55-40(41)52)29(27-17-35(54-6)28(38(50)43-3)16-33(27)45-36)19-46-14-12-26(13-15-46)48(4,5)21-24-8-10-25(11-9-24)44-37(49)23(2)42;3-2(4,5)1(6)7/h8-11,16-18,23,26,53H,7,12-15,19-22,42H2,1-6H3,(H-,43,44,49,50);(H,6,7)/t23-,41-;/m0./s1. The van der Waals surface area contributed by atoms with E-state index in [1.165, 1.54) is 12.7 Å². The first-order valence-electron chi connectivity index (χ1n) is 20.0. The number of piperidine rings is 1. The van der Waals surface area contributed by atoms with Gasteiger partial charge in [0.1, 0.15) is 24.9 Å². The molecule has 0 bridgehead atoms. The van der Waals surface area contributed by atoms with Crippen LogP contribution in [0.15, 0.2) is 47.3 Å². The molecular formula is C43H50F3N7O9. The molecule has 5 heterocycles. The molecule has 1 fully saturated rings. The molecule has 0 radical (unpaired) electrons. The molecular weight excluding hydrogens is 816 g/mol. The van der Waals surface area contributed by atoms with Gasteiger partial charge in [-0.1, -0.05) is 19.1 Å². The molecule has 3 aliphatic heterocycles. The van der Waals surface area contributed by atoms with Crippen molar-refractivity contribution >= 4 is 40.3 Å². The number of carbonyl (C=O) groups excluding carboxylic acids is 4. The Balaban J connectivity index is 0.000000845. The van der Waals surface area contributed by atoms with Gasteiger partial charge < -0.3 is 49.9 Å². The number of carboxylic acid groups (broad SMARTS) is 1. The molecule has 2 aromatic heterocycles. The summed E-state index contributed by atoms with van der Waals surface area (Å²) in [5.41, 5.74) is 9.75. The van der Waals surface area contributed by atoms with Gasteiger partial charge in [-0.2, -0.15) is 13.2 Å². The lowest BCUT2D eigenvalue weighted by atomic mass is 9.86. The Labute approximate surface area is 355 Å². The van der Waals surface area contributed by atoms with E-state index in [0.29, 0.717) is 40.8 Å². The number of amides is 2. The van der Waals surface area contributed by atoms with Crippen LogP contribution in [0.4, 0.5) is 18.9 Å². The minimum absolute atomic E-state index is 0.0479. The summed E-state index contributed by atoms with van der Waals surface area (Å²) in [7, 11) is 7.62. The van der Waals surface area contributed by atoms with Crippen molar-refractivity contribution in [3.63, 3.8) is 0 Å². The molecule has 1 saturated heterocycles. The van der Waals surface area contributed by atoms with Gasteiger partial charge in [-0.05, 0) is 49.2 Å². The number of aromatic nitrogens is 2. The van der Waals surface area contributed by atoms with Crippen LogP contribution in [0.2, 0.25) is 0 Å². The Hall–Kier alpha value is -5.89. The highest BCUT2D eigenvalue weighted by atomic mass is 19.4. The predicted molar refractivity (Wildman–Crippen MR) is 218 cm³/mol. The highest BCUT2D eigenvalue weighted by molar-refractivity contribution is 6.02. The molecule has 2 atom stereocenters. The lowest BCUT2D eigenvalue weighted by Gasteiger charge is -2.43. The van der Waals surface area contributed by atoms with Crippen molar-refractivity contribution in [1.82, 2.24) is 19.8 Å². The zero-order valence-corrected chi connectivity index (χ0v) is 35.3. The molecule has 7 rings (SSSR count). The minimum Gasteiger partial charge on any atom is -0.542 e. The van der Waals surface area contributed by atoms with Gasteiger partial charge in [0, 0.05) is 67.3 Å². The molecule has 0 aliphatic carbocycles. The number of cyclic esters (lactones) is 1. The number of nitrogens with one attached hydrogen (secondary N) is 2. The van der Waals surface area contributed by atoms with Crippen LogP contribution in [0, 0.1) is 0 Å². The number of anilines is 1. The number of ether oxygens (including phenoxy) is 2. The van der Waals surface area contributed by atoms with Crippen LogP contribution >= 0.6 is 0 Å². The quantitative estimate of drug-likeness (QED) is 0.118. The number of fused-ring (bicyclic) bond motifs is 5. The summed E-state index contributed by atoms with van der Waals surface area (Å²) in [6.45, 7) is 6.52. The summed E-state index contributed by atoms with van der Waals surface area (Å²) >= 11 is 0. The van der Waals surface area contributed by atoms with Crippen LogP contribution in [-0.4, -0.2) is 107 Å². The van der Waals surface area contributed by atoms with Gasteiger partial charge >= 0.3 is 12.1 Å². The Morgan fingerprint density at radius 2 is 1.76 bits per heavy atom. The average molecular weight is 866 g/mol. The number of carbonyl (C=O) groups is 4. The monoisotopic (exact) mass is 865 g/mol. The number of nitrogens with two attached hydrogens (primary N) is 1. The van der Waals surface area contributed by atoms with Gasteiger partial charge in [-0.25, -0.2) is 9.78 Å². The van der Waals surface area contributed by atoms with Crippen molar-refractivity contribution in [1.29, 1.82) is 0 Å². The molecule has 5 N–H and O–H groups in total. The zero-order chi connectivity index (χ0) is 45.5. The number of nitrogens with zero attached hydrogens (tertiary/aromatic N) is 4. The van der Waals surface area contributed by atoms with Crippen LogP contribution in [0.25, 0.3) is 22.3 Å². The van der Waals surface area contributed by atoms with Crippen LogP contribution < -0.4 is 31.8 Å². The lowest BCUT2D eigenvalue weighted by Crippen LogP contribution is -2.53. The molecule has 4 aromatic rings. The summed E-state index contributed by atoms with van der Waals surface area (Å²) in [5, 5.41) is 26.6. The average Bonchev–Trinajstić information content (AvgIpc) is 3.60. The second-order valence-corrected chi connectivity index (χ2v) is 16.4. The van der Waals surface area contributed by atoms with E-state index >= 15 is 0 Å². The van der Waals surface area contributed by atoms with E-state index in [9.17, 15) is 37.5 Å². The number of halogens is 3. The normalized spacial score (nSPS) is 18.1. The maximum Gasteiger partial charge on any atom is 0.430 e. The Kier molecular flexibility index (Phi) is 12.9. The number of hydrogen-bond acceptors (Lipinski definition) is 12. The number of quaternary nitrogens is 1. The number of aliphatic carboxylic acids is 1. The van der Waals surface area contributed by atoms with Crippen molar-refractivity contribution < 1.29 is 56.5 Å². The number of carboxylic acids is 1. The molecule has 62 heavy (non-hydrogen) atoms. The van der Waals surface area contributed by atoms with Crippen molar-refractivity contribution in [2.24, 2.45) is 5.73 Å². The number of likely N-dealkylation sites (tertiary alicyclic amines) is 1. The van der Waals surface area contributed by atoms with Gasteiger partial charge in [0.05, 0.1) is 67.9 Å². The minimum atomic E-state index is -5.19. The number of alkyl halides is 3. The Morgan fingerprint density at radius 1 is 1.11 bits per heavy atom. The van der Waals surface area contributed by atoms with Crippen molar-refractivity contribution in [2.75, 3.05) is 46.7 Å². The molecule has 0 saturated carbocycles. The van der Waals surface area contributed by atoms with Gasteiger partial charge in [0.25, 0.3) is 11.5 Å². The largest absolute Gasteiger partial charge is 0.542 e. The molecule has 2 amide bonds. The van der Waals surface area contributed by atoms with E-state index in [0.717, 1.165) is 59.2 Å². The molecule has 19 heteroatoms. The second-order valence-electron chi connectivity index (χ2n) is 16.4. The lowest BCUT2D eigenvalue weighted by molar-refractivity contribution is -0.929. The number of esters is 1. The highest BCUT2D eigenvalue weighted by Gasteiger charge is 2.46. The van der Waals surface area contributed by atoms with Crippen LogP contribution in [-0.2, 0) is 51.0 Å². The van der Waals surface area contributed by atoms with Crippen LogP contribution in [0.1, 0.15) is 71.3 Å². The molecule has 16 nitrogen and oxygen atoms in total. The maximum atomic E-state index is 14.0. The van der Waals surface area contributed by atoms with E-state index in [-0.39, 0.29) is 48.1 Å². The van der Waals surface area contributed by atoms with E-state index in [4.69, 9.17) is 30.1 Å². The number of rotatable bonds is 10.